The number of hydrogen-bond donors (Lipinski definition) is 5. The first-order valence-electron chi connectivity index (χ1n) is 11.6. The number of aliphatic hydroxyl groups excluding tert-OH is 2. The van der Waals surface area contributed by atoms with E-state index in [1.807, 2.05) is 0 Å². The molecule has 192 valence electrons. The molecule has 5 rings (SSSR count). The number of carbonyl (C=O) groups excluding carboxylic acids is 3. The summed E-state index contributed by atoms with van der Waals surface area (Å²) >= 11 is 0. The number of nitrogens with zero attached hydrogens (tertiary/aromatic N) is 1. The second kappa shape index (κ2) is 8.25. The first kappa shape index (κ1) is 24.7. The maximum atomic E-state index is 13.7. The first-order chi connectivity index (χ1) is 17.4. The number of phenolic OH excluding ortho intramolecular Hbond substituents is 1. The third-order valence-corrected chi connectivity index (χ3v) is 7.76. The molecule has 0 heterocycles. The number of hydrogen-bond acceptors (Lipinski definition) is 8. The Labute approximate surface area is 210 Å². The number of amides is 1. The standard InChI is InChI=1S/C27H25FN2O7/c1-30(2)21-16-10-12-9-15-14(11-3-5-13(28)6-4-11)7-8-17(31)19(15)22(32)18(12)24(34)27(16,37)25(35)20(23(21)33)26(29)36/h3-8,12,16,21,31,33-34,37H,9-10H2,1-2H3,(H2,29,36)/t12?,16?,21-,27-/m0/s1. The van der Waals surface area contributed by atoms with Gasteiger partial charge in [0.1, 0.15) is 28.7 Å². The van der Waals surface area contributed by atoms with Crippen LogP contribution in [0.1, 0.15) is 22.3 Å². The lowest BCUT2D eigenvalue weighted by molar-refractivity contribution is -0.148. The molecule has 9 nitrogen and oxygen atoms in total. The highest BCUT2D eigenvalue weighted by molar-refractivity contribution is 6.24. The van der Waals surface area contributed by atoms with Crippen LogP contribution >= 0.6 is 0 Å². The fourth-order valence-corrected chi connectivity index (χ4v) is 6.15. The van der Waals surface area contributed by atoms with Crippen molar-refractivity contribution in [3.05, 3.63) is 76.0 Å². The number of rotatable bonds is 3. The summed E-state index contributed by atoms with van der Waals surface area (Å²) in [5.74, 6) is -7.46. The summed E-state index contributed by atoms with van der Waals surface area (Å²) in [4.78, 5) is 40.6. The highest BCUT2D eigenvalue weighted by atomic mass is 19.1. The van der Waals surface area contributed by atoms with Crippen LogP contribution in [0.5, 0.6) is 5.75 Å². The van der Waals surface area contributed by atoms with Crippen LogP contribution in [0.25, 0.3) is 11.1 Å². The number of halogens is 1. The van der Waals surface area contributed by atoms with Gasteiger partial charge in [0, 0.05) is 11.5 Å². The van der Waals surface area contributed by atoms with Gasteiger partial charge in [-0.2, -0.15) is 0 Å². The second-order valence-electron chi connectivity index (χ2n) is 9.96. The number of carbonyl (C=O) groups is 3. The minimum Gasteiger partial charge on any atom is -0.510 e. The molecule has 2 aromatic rings. The Morgan fingerprint density at radius 1 is 1.08 bits per heavy atom. The molecule has 0 radical (unpaired) electrons. The fourth-order valence-electron chi connectivity index (χ4n) is 6.15. The van der Waals surface area contributed by atoms with Crippen LogP contribution in [-0.4, -0.2) is 68.5 Å². The highest BCUT2D eigenvalue weighted by Crippen LogP contribution is 2.53. The number of primary amides is 1. The van der Waals surface area contributed by atoms with Gasteiger partial charge in [-0.3, -0.25) is 19.3 Å². The average molecular weight is 509 g/mol. The summed E-state index contributed by atoms with van der Waals surface area (Å²) in [5.41, 5.74) is 3.14. The number of benzene rings is 2. The summed E-state index contributed by atoms with van der Waals surface area (Å²) < 4.78 is 13.5. The van der Waals surface area contributed by atoms with Gasteiger partial charge in [0.25, 0.3) is 5.91 Å². The molecule has 0 bridgehead atoms. The molecule has 6 N–H and O–H groups in total. The van der Waals surface area contributed by atoms with Crippen molar-refractivity contribution in [1.29, 1.82) is 0 Å². The largest absolute Gasteiger partial charge is 0.510 e. The van der Waals surface area contributed by atoms with Crippen LogP contribution in [0.15, 0.2) is 59.1 Å². The molecule has 0 saturated carbocycles. The topological polar surface area (TPSA) is 161 Å². The minimum absolute atomic E-state index is 0.00965. The maximum Gasteiger partial charge on any atom is 0.255 e. The molecular formula is C27H25FN2O7. The molecule has 0 spiro atoms. The molecule has 10 heteroatoms. The fraction of sp³-hybridized carbons (Fsp3) is 0.296. The third-order valence-electron chi connectivity index (χ3n) is 7.76. The van der Waals surface area contributed by atoms with E-state index in [1.54, 1.807) is 32.3 Å². The molecule has 2 aromatic carbocycles. The van der Waals surface area contributed by atoms with Crippen LogP contribution in [0, 0.1) is 17.7 Å². The predicted molar refractivity (Wildman–Crippen MR) is 129 cm³/mol. The van der Waals surface area contributed by atoms with Crippen molar-refractivity contribution in [3.63, 3.8) is 0 Å². The van der Waals surface area contributed by atoms with E-state index in [-0.39, 0.29) is 29.7 Å². The number of allylic oxidation sites excluding steroid dienone is 1. The van der Waals surface area contributed by atoms with Gasteiger partial charge in [-0.05, 0) is 67.7 Å². The smallest absolute Gasteiger partial charge is 0.255 e. The number of Topliss-reactive ketones (excluding diaryl/α,β-unsaturated/α-hetero) is 2. The lowest BCUT2D eigenvalue weighted by atomic mass is 9.58. The van der Waals surface area contributed by atoms with Crippen molar-refractivity contribution in [3.8, 4) is 16.9 Å². The van der Waals surface area contributed by atoms with Crippen LogP contribution in [-0.2, 0) is 16.0 Å². The second-order valence-corrected chi connectivity index (χ2v) is 9.96. The zero-order valence-electron chi connectivity index (χ0n) is 20.0. The Kier molecular flexibility index (Phi) is 5.50. The summed E-state index contributed by atoms with van der Waals surface area (Å²) in [5, 5.41) is 44.4. The molecule has 2 unspecified atom stereocenters. The van der Waals surface area contributed by atoms with Crippen LogP contribution < -0.4 is 5.73 Å². The zero-order valence-corrected chi connectivity index (χ0v) is 20.0. The Bertz CT molecular complexity index is 1440. The van der Waals surface area contributed by atoms with Gasteiger partial charge in [0.15, 0.2) is 11.4 Å². The van der Waals surface area contributed by atoms with Crippen molar-refractivity contribution in [2.75, 3.05) is 14.1 Å². The Balaban J connectivity index is 1.72. The Hall–Kier alpha value is -4.02. The summed E-state index contributed by atoms with van der Waals surface area (Å²) in [6, 6.07) is 7.51. The van der Waals surface area contributed by atoms with E-state index in [2.05, 4.69) is 0 Å². The SMILES string of the molecule is CN(C)[C@@H]1C(O)=C(C(N)=O)C(=O)[C@@]2(O)C(O)=C3C(=O)c4c(O)ccc(-c5ccc(F)cc5)c4CC3CC12. The lowest BCUT2D eigenvalue weighted by Crippen LogP contribution is -2.63. The van der Waals surface area contributed by atoms with Gasteiger partial charge in [-0.15, -0.1) is 0 Å². The van der Waals surface area contributed by atoms with Gasteiger partial charge in [0.2, 0.25) is 5.78 Å². The van der Waals surface area contributed by atoms with Crippen molar-refractivity contribution in [2.45, 2.75) is 24.5 Å². The predicted octanol–water partition coefficient (Wildman–Crippen LogP) is 1.93. The average Bonchev–Trinajstić information content (AvgIpc) is 2.82. The van der Waals surface area contributed by atoms with Gasteiger partial charge >= 0.3 is 0 Å². The van der Waals surface area contributed by atoms with Gasteiger partial charge in [-0.1, -0.05) is 18.2 Å². The molecule has 37 heavy (non-hydrogen) atoms. The molecule has 0 saturated heterocycles. The molecule has 4 atom stereocenters. The Morgan fingerprint density at radius 2 is 1.73 bits per heavy atom. The van der Waals surface area contributed by atoms with E-state index in [4.69, 9.17) is 5.73 Å². The number of likely N-dealkylation sites (N-methyl/N-ethyl adjacent to an activating group) is 1. The number of aliphatic hydroxyl groups is 3. The number of nitrogens with two attached hydrogens (primary N) is 1. The van der Waals surface area contributed by atoms with Crippen molar-refractivity contribution < 1.29 is 39.2 Å². The molecule has 3 aliphatic rings. The van der Waals surface area contributed by atoms with E-state index in [0.29, 0.717) is 16.7 Å². The summed E-state index contributed by atoms with van der Waals surface area (Å²) in [6.45, 7) is 0. The number of aromatic hydroxyl groups is 1. The van der Waals surface area contributed by atoms with Crippen LogP contribution in [0.3, 0.4) is 0 Å². The quantitative estimate of drug-likeness (QED) is 0.393. The van der Waals surface area contributed by atoms with Crippen LogP contribution in [0.4, 0.5) is 4.39 Å². The van der Waals surface area contributed by atoms with E-state index < -0.39 is 63.9 Å². The normalized spacial score (nSPS) is 27.2. The molecule has 3 aliphatic carbocycles. The lowest BCUT2D eigenvalue weighted by Gasteiger charge is -2.50. The maximum absolute atomic E-state index is 13.7. The van der Waals surface area contributed by atoms with Crippen molar-refractivity contribution in [1.82, 2.24) is 4.90 Å². The first-order valence-corrected chi connectivity index (χ1v) is 11.6. The summed E-state index contributed by atoms with van der Waals surface area (Å²) in [6.07, 6.45) is 0.139. The monoisotopic (exact) mass is 508 g/mol. The highest BCUT2D eigenvalue weighted by Gasteiger charge is 2.63. The van der Waals surface area contributed by atoms with Crippen LogP contribution in [0.2, 0.25) is 0 Å². The molecule has 1 amide bonds. The van der Waals surface area contributed by atoms with Gasteiger partial charge < -0.3 is 26.2 Å². The summed E-state index contributed by atoms with van der Waals surface area (Å²) in [7, 11) is 3.13. The van der Waals surface area contributed by atoms with Crippen molar-refractivity contribution >= 4 is 17.5 Å². The third kappa shape index (κ3) is 3.32. The van der Waals surface area contributed by atoms with E-state index in [1.165, 1.54) is 23.1 Å². The number of phenols is 1. The molecular weight excluding hydrogens is 483 g/mol. The minimum atomic E-state index is -2.69. The Morgan fingerprint density at radius 3 is 2.32 bits per heavy atom. The van der Waals surface area contributed by atoms with Gasteiger partial charge in [0.05, 0.1) is 11.6 Å². The molecule has 0 aliphatic heterocycles. The molecule has 0 aromatic heterocycles. The molecule has 0 fully saturated rings. The van der Waals surface area contributed by atoms with E-state index >= 15 is 0 Å². The zero-order chi connectivity index (χ0) is 27.0. The van der Waals surface area contributed by atoms with Gasteiger partial charge in [-0.25, -0.2) is 4.39 Å². The van der Waals surface area contributed by atoms with E-state index in [0.717, 1.165) is 0 Å². The van der Waals surface area contributed by atoms with E-state index in [9.17, 15) is 39.2 Å². The van der Waals surface area contributed by atoms with Crippen molar-refractivity contribution in [2.24, 2.45) is 17.6 Å². The number of ketones is 2. The number of fused-ring (bicyclic) bond motifs is 3.